The number of hydrogen-bond donors (Lipinski definition) is 1. The topological polar surface area (TPSA) is 40.5 Å². The van der Waals surface area contributed by atoms with E-state index in [4.69, 9.17) is 5.11 Å². The van der Waals surface area contributed by atoms with Gasteiger partial charge in [0.05, 0.1) is 5.92 Å². The minimum Gasteiger partial charge on any atom is -0.481 e. The van der Waals surface area contributed by atoms with E-state index < -0.39 is 5.97 Å². The van der Waals surface area contributed by atoms with Crippen molar-refractivity contribution in [1.29, 1.82) is 0 Å². The molecule has 0 radical (unpaired) electrons. The van der Waals surface area contributed by atoms with Crippen molar-refractivity contribution in [2.24, 2.45) is 5.92 Å². The summed E-state index contributed by atoms with van der Waals surface area (Å²) >= 11 is 0. The molecular formula is C16H21NO2. The van der Waals surface area contributed by atoms with Crippen molar-refractivity contribution in [3.05, 3.63) is 35.4 Å². The zero-order valence-corrected chi connectivity index (χ0v) is 11.4. The molecule has 1 saturated carbocycles. The van der Waals surface area contributed by atoms with Gasteiger partial charge in [-0.1, -0.05) is 24.3 Å². The predicted molar refractivity (Wildman–Crippen MR) is 74.0 cm³/mol. The van der Waals surface area contributed by atoms with E-state index in [1.54, 1.807) is 0 Å². The lowest BCUT2D eigenvalue weighted by molar-refractivity contribution is -0.142. The molecule has 0 spiro atoms. The molecule has 2 unspecified atom stereocenters. The largest absolute Gasteiger partial charge is 0.481 e. The molecule has 0 amide bonds. The summed E-state index contributed by atoms with van der Waals surface area (Å²) < 4.78 is 0. The van der Waals surface area contributed by atoms with Gasteiger partial charge in [-0.2, -0.15) is 0 Å². The molecule has 19 heavy (non-hydrogen) atoms. The second-order valence-electron chi connectivity index (χ2n) is 5.96. The molecule has 2 aliphatic rings. The van der Waals surface area contributed by atoms with Crippen LogP contribution in [0.1, 0.15) is 43.2 Å². The van der Waals surface area contributed by atoms with Crippen molar-refractivity contribution >= 4 is 5.97 Å². The van der Waals surface area contributed by atoms with Crippen LogP contribution in [0.15, 0.2) is 24.3 Å². The number of aliphatic carboxylic acids is 1. The normalized spacial score (nSPS) is 27.6. The number of rotatable bonds is 4. The molecule has 3 rings (SSSR count). The summed E-state index contributed by atoms with van der Waals surface area (Å²) in [6.45, 7) is 3.79. The van der Waals surface area contributed by atoms with Gasteiger partial charge in [-0.15, -0.1) is 0 Å². The maximum Gasteiger partial charge on any atom is 0.308 e. The molecule has 1 saturated heterocycles. The molecular weight excluding hydrogens is 238 g/mol. The van der Waals surface area contributed by atoms with Crippen LogP contribution in [0.5, 0.6) is 0 Å². The summed E-state index contributed by atoms with van der Waals surface area (Å²) in [5, 5.41) is 9.15. The van der Waals surface area contributed by atoms with E-state index >= 15 is 0 Å². The van der Waals surface area contributed by atoms with E-state index in [9.17, 15) is 4.79 Å². The minimum absolute atomic E-state index is 0.139. The van der Waals surface area contributed by atoms with Crippen LogP contribution in [0.25, 0.3) is 0 Å². The fourth-order valence-corrected chi connectivity index (χ4v) is 3.10. The average Bonchev–Trinajstić information content (AvgIpc) is 3.17. The van der Waals surface area contributed by atoms with Gasteiger partial charge in [0.2, 0.25) is 0 Å². The number of benzene rings is 1. The van der Waals surface area contributed by atoms with Crippen molar-refractivity contribution in [3.63, 3.8) is 0 Å². The molecule has 0 aromatic heterocycles. The zero-order valence-electron chi connectivity index (χ0n) is 11.4. The third-order valence-electron chi connectivity index (χ3n) is 4.62. The Bertz CT molecular complexity index is 464. The summed E-state index contributed by atoms with van der Waals surface area (Å²) in [6, 6.07) is 9.02. The Morgan fingerprint density at radius 2 is 1.95 bits per heavy atom. The lowest BCUT2D eigenvalue weighted by atomic mass is 10.0. The first kappa shape index (κ1) is 12.7. The Labute approximate surface area is 114 Å². The number of carbonyl (C=O) groups is 1. The maximum absolute atomic E-state index is 11.1. The SMILES string of the molecule is CC1C(C(=O)O)CCN1Cc1ccc(C2CC2)cc1. The molecule has 3 heteroatoms. The fourth-order valence-electron chi connectivity index (χ4n) is 3.10. The van der Waals surface area contributed by atoms with Crippen molar-refractivity contribution in [1.82, 2.24) is 4.90 Å². The minimum atomic E-state index is -0.654. The van der Waals surface area contributed by atoms with Crippen molar-refractivity contribution in [2.75, 3.05) is 6.54 Å². The molecule has 102 valence electrons. The van der Waals surface area contributed by atoms with Crippen LogP contribution in [-0.4, -0.2) is 28.6 Å². The van der Waals surface area contributed by atoms with Gasteiger partial charge in [0.1, 0.15) is 0 Å². The van der Waals surface area contributed by atoms with Gasteiger partial charge in [-0.3, -0.25) is 9.69 Å². The average molecular weight is 259 g/mol. The van der Waals surface area contributed by atoms with E-state index in [0.29, 0.717) is 0 Å². The number of carboxylic acids is 1. The summed E-state index contributed by atoms with van der Waals surface area (Å²) in [5.74, 6) is -0.0547. The van der Waals surface area contributed by atoms with Crippen LogP contribution >= 0.6 is 0 Å². The van der Waals surface area contributed by atoms with E-state index in [2.05, 4.69) is 29.2 Å². The monoisotopic (exact) mass is 259 g/mol. The highest BCUT2D eigenvalue weighted by Gasteiger charge is 2.35. The Hall–Kier alpha value is -1.35. The molecule has 1 aliphatic heterocycles. The number of carboxylic acid groups (broad SMARTS) is 1. The van der Waals surface area contributed by atoms with E-state index in [0.717, 1.165) is 25.4 Å². The van der Waals surface area contributed by atoms with Gasteiger partial charge in [-0.25, -0.2) is 0 Å². The first-order valence-corrected chi connectivity index (χ1v) is 7.21. The first-order chi connectivity index (χ1) is 9.15. The highest BCUT2D eigenvalue weighted by molar-refractivity contribution is 5.71. The number of hydrogen-bond acceptors (Lipinski definition) is 2. The van der Waals surface area contributed by atoms with Crippen LogP contribution in [0.4, 0.5) is 0 Å². The lowest BCUT2D eigenvalue weighted by Crippen LogP contribution is -2.32. The maximum atomic E-state index is 11.1. The van der Waals surface area contributed by atoms with Crippen LogP contribution in [-0.2, 0) is 11.3 Å². The highest BCUT2D eigenvalue weighted by Crippen LogP contribution is 2.40. The van der Waals surface area contributed by atoms with E-state index in [1.807, 2.05) is 6.92 Å². The van der Waals surface area contributed by atoms with E-state index in [-0.39, 0.29) is 12.0 Å². The lowest BCUT2D eigenvalue weighted by Gasteiger charge is -2.23. The van der Waals surface area contributed by atoms with Crippen LogP contribution in [0.2, 0.25) is 0 Å². The summed E-state index contributed by atoms with van der Waals surface area (Å²) in [6.07, 6.45) is 3.45. The molecule has 1 N–H and O–H groups in total. The Morgan fingerprint density at radius 3 is 2.47 bits per heavy atom. The zero-order chi connectivity index (χ0) is 13.4. The van der Waals surface area contributed by atoms with E-state index in [1.165, 1.54) is 24.0 Å². The van der Waals surface area contributed by atoms with Gasteiger partial charge in [0, 0.05) is 12.6 Å². The molecule has 3 nitrogen and oxygen atoms in total. The predicted octanol–water partition coefficient (Wildman–Crippen LogP) is 2.86. The smallest absolute Gasteiger partial charge is 0.308 e. The highest BCUT2D eigenvalue weighted by atomic mass is 16.4. The van der Waals surface area contributed by atoms with Gasteiger partial charge in [0.15, 0.2) is 0 Å². The molecule has 1 aromatic rings. The molecule has 1 aromatic carbocycles. The Balaban J connectivity index is 1.63. The Kier molecular flexibility index (Phi) is 3.31. The number of nitrogens with zero attached hydrogens (tertiary/aromatic N) is 1. The molecule has 2 fully saturated rings. The third-order valence-corrected chi connectivity index (χ3v) is 4.62. The van der Waals surface area contributed by atoms with Crippen LogP contribution in [0.3, 0.4) is 0 Å². The summed E-state index contributed by atoms with van der Waals surface area (Å²) in [4.78, 5) is 13.4. The molecule has 1 heterocycles. The van der Waals surface area contributed by atoms with Crippen molar-refractivity contribution < 1.29 is 9.90 Å². The van der Waals surface area contributed by atoms with Crippen molar-refractivity contribution in [2.45, 2.75) is 44.7 Å². The molecule has 0 bridgehead atoms. The summed E-state index contributed by atoms with van der Waals surface area (Å²) in [7, 11) is 0. The third kappa shape index (κ3) is 2.66. The van der Waals surface area contributed by atoms with Gasteiger partial charge < -0.3 is 5.11 Å². The van der Waals surface area contributed by atoms with Crippen molar-refractivity contribution in [3.8, 4) is 0 Å². The fraction of sp³-hybridized carbons (Fsp3) is 0.562. The van der Waals surface area contributed by atoms with Gasteiger partial charge >= 0.3 is 5.97 Å². The molecule has 2 atom stereocenters. The summed E-state index contributed by atoms with van der Waals surface area (Å²) in [5.41, 5.74) is 2.75. The quantitative estimate of drug-likeness (QED) is 0.904. The Morgan fingerprint density at radius 1 is 1.26 bits per heavy atom. The second-order valence-corrected chi connectivity index (χ2v) is 5.96. The first-order valence-electron chi connectivity index (χ1n) is 7.21. The van der Waals surface area contributed by atoms with Crippen LogP contribution in [0, 0.1) is 5.92 Å². The van der Waals surface area contributed by atoms with Crippen LogP contribution < -0.4 is 0 Å². The van der Waals surface area contributed by atoms with Gasteiger partial charge in [-0.05, 0) is 49.8 Å². The second kappa shape index (κ2) is 4.97. The number of likely N-dealkylation sites (tertiary alicyclic amines) is 1. The standard InChI is InChI=1S/C16H21NO2/c1-11-15(16(18)19)8-9-17(11)10-12-2-4-13(5-3-12)14-6-7-14/h2-5,11,14-15H,6-10H2,1H3,(H,18,19). The van der Waals surface area contributed by atoms with Gasteiger partial charge in [0.25, 0.3) is 0 Å². The molecule has 1 aliphatic carbocycles.